The molecule has 24 heavy (non-hydrogen) atoms. The number of carbonyl (C=O) groups is 2. The van der Waals surface area contributed by atoms with Gasteiger partial charge in [-0.15, -0.1) is 11.3 Å². The summed E-state index contributed by atoms with van der Waals surface area (Å²) in [5.74, 6) is -0.341. The van der Waals surface area contributed by atoms with Gasteiger partial charge in [0.2, 0.25) is 5.91 Å². The number of aliphatic carboxylic acids is 1. The number of amides is 1. The number of carboxylic acids is 1. The average molecular weight is 348 g/mol. The highest BCUT2D eigenvalue weighted by Gasteiger charge is 2.35. The van der Waals surface area contributed by atoms with Gasteiger partial charge in [-0.05, 0) is 30.7 Å². The molecule has 1 N–H and O–H groups in total. The molecule has 2 aromatic heterocycles. The fraction of sp³-hybridized carbons (Fsp3) is 0.500. The minimum Gasteiger partial charge on any atom is -0.480 e. The van der Waals surface area contributed by atoms with Crippen LogP contribution in [0.4, 0.5) is 5.82 Å². The molecule has 1 aliphatic heterocycles. The first-order chi connectivity index (χ1) is 11.6. The van der Waals surface area contributed by atoms with Crippen molar-refractivity contribution in [3.8, 4) is 0 Å². The summed E-state index contributed by atoms with van der Waals surface area (Å²) in [5.41, 5.74) is 0. The van der Waals surface area contributed by atoms with E-state index in [1.807, 2.05) is 23.3 Å². The normalized spacial score (nSPS) is 17.4. The minimum absolute atomic E-state index is 0.126. The molecule has 1 aliphatic rings. The second-order valence-corrected chi connectivity index (χ2v) is 6.74. The molecular formula is C16H20N4O3S. The Morgan fingerprint density at radius 3 is 3.04 bits per heavy atom. The Kier molecular flexibility index (Phi) is 4.94. The van der Waals surface area contributed by atoms with Crippen LogP contribution >= 0.6 is 11.3 Å². The van der Waals surface area contributed by atoms with Crippen molar-refractivity contribution in [2.45, 2.75) is 32.2 Å². The average Bonchev–Trinajstić information content (AvgIpc) is 3.22. The van der Waals surface area contributed by atoms with E-state index in [1.54, 1.807) is 11.3 Å². The van der Waals surface area contributed by atoms with Crippen molar-refractivity contribution in [2.24, 2.45) is 0 Å². The van der Waals surface area contributed by atoms with E-state index >= 15 is 0 Å². The predicted molar refractivity (Wildman–Crippen MR) is 92.3 cm³/mol. The lowest BCUT2D eigenvalue weighted by molar-refractivity contribution is -0.145. The molecule has 0 saturated carbocycles. The van der Waals surface area contributed by atoms with Crippen LogP contribution in [0.2, 0.25) is 0 Å². The summed E-state index contributed by atoms with van der Waals surface area (Å²) in [6.07, 6.45) is 3.86. The summed E-state index contributed by atoms with van der Waals surface area (Å²) in [7, 11) is 0. The summed E-state index contributed by atoms with van der Waals surface area (Å²) in [6.45, 7) is 2.88. The van der Waals surface area contributed by atoms with Gasteiger partial charge in [0, 0.05) is 13.1 Å². The number of anilines is 1. The van der Waals surface area contributed by atoms with Crippen LogP contribution in [-0.2, 0) is 9.59 Å². The van der Waals surface area contributed by atoms with Crippen molar-refractivity contribution in [1.82, 2.24) is 14.9 Å². The van der Waals surface area contributed by atoms with Crippen LogP contribution in [0.15, 0.2) is 17.8 Å². The lowest BCUT2D eigenvalue weighted by Crippen LogP contribution is -2.48. The lowest BCUT2D eigenvalue weighted by Gasteiger charge is -2.30. The van der Waals surface area contributed by atoms with E-state index in [9.17, 15) is 9.59 Å². The summed E-state index contributed by atoms with van der Waals surface area (Å²) >= 11 is 1.54. The Hall–Kier alpha value is -2.22. The Balaban J connectivity index is 1.88. The van der Waals surface area contributed by atoms with E-state index in [2.05, 4.69) is 9.97 Å². The highest BCUT2D eigenvalue weighted by molar-refractivity contribution is 7.16. The van der Waals surface area contributed by atoms with Crippen molar-refractivity contribution < 1.29 is 14.7 Å². The maximum atomic E-state index is 12.9. The van der Waals surface area contributed by atoms with Crippen LogP contribution in [0, 0.1) is 0 Å². The third-order valence-corrected chi connectivity index (χ3v) is 5.00. The van der Waals surface area contributed by atoms with Crippen LogP contribution in [0.5, 0.6) is 0 Å². The largest absolute Gasteiger partial charge is 0.480 e. The first-order valence-electron chi connectivity index (χ1n) is 8.07. The van der Waals surface area contributed by atoms with E-state index in [0.717, 1.165) is 35.4 Å². The van der Waals surface area contributed by atoms with Crippen LogP contribution in [0.3, 0.4) is 0 Å². The molecule has 8 heteroatoms. The maximum absolute atomic E-state index is 12.9. The topological polar surface area (TPSA) is 86.6 Å². The molecule has 0 radical (unpaired) electrons. The zero-order valence-electron chi connectivity index (χ0n) is 13.5. The van der Waals surface area contributed by atoms with Gasteiger partial charge in [-0.3, -0.25) is 9.59 Å². The molecular weight excluding hydrogens is 328 g/mol. The second-order valence-electron chi connectivity index (χ2n) is 5.84. The summed E-state index contributed by atoms with van der Waals surface area (Å²) in [4.78, 5) is 37.0. The Bertz CT molecular complexity index is 748. The van der Waals surface area contributed by atoms with Gasteiger partial charge < -0.3 is 14.9 Å². The first-order valence-corrected chi connectivity index (χ1v) is 8.95. The lowest BCUT2D eigenvalue weighted by atomic mass is 10.1. The van der Waals surface area contributed by atoms with Crippen molar-refractivity contribution in [1.29, 1.82) is 0 Å². The molecule has 1 saturated heterocycles. The molecule has 1 unspecified atom stereocenters. The number of nitrogens with zero attached hydrogens (tertiary/aromatic N) is 4. The number of carbonyl (C=O) groups excluding carboxylic acids is 1. The van der Waals surface area contributed by atoms with Crippen LogP contribution in [-0.4, -0.2) is 57.5 Å². The molecule has 3 rings (SSSR count). The third kappa shape index (κ3) is 3.19. The first kappa shape index (κ1) is 16.6. The standard InChI is InChI=1S/C16H20N4O3S/c1-2-6-19(9-13(21)22)16(23)12-4-3-7-20(12)14-11-5-8-24-15(11)18-10-17-14/h5,8,10,12H,2-4,6-7,9H2,1H3,(H,21,22). The number of rotatable bonds is 6. The summed E-state index contributed by atoms with van der Waals surface area (Å²) in [5, 5.41) is 12.0. The highest BCUT2D eigenvalue weighted by atomic mass is 32.1. The zero-order valence-corrected chi connectivity index (χ0v) is 14.3. The number of hydrogen-bond donors (Lipinski definition) is 1. The zero-order chi connectivity index (χ0) is 17.1. The van der Waals surface area contributed by atoms with Crippen LogP contribution in [0.1, 0.15) is 26.2 Å². The smallest absolute Gasteiger partial charge is 0.323 e. The third-order valence-electron chi connectivity index (χ3n) is 4.18. The number of aromatic nitrogens is 2. The molecule has 0 bridgehead atoms. The minimum atomic E-state index is -0.983. The second kappa shape index (κ2) is 7.12. The van der Waals surface area contributed by atoms with Gasteiger partial charge >= 0.3 is 5.97 Å². The van der Waals surface area contributed by atoms with Gasteiger partial charge in [0.15, 0.2) is 0 Å². The molecule has 0 aliphatic carbocycles. The molecule has 1 fully saturated rings. The van der Waals surface area contributed by atoms with Crippen molar-refractivity contribution in [3.05, 3.63) is 17.8 Å². The fourth-order valence-corrected chi connectivity index (χ4v) is 3.92. The van der Waals surface area contributed by atoms with Gasteiger partial charge in [-0.25, -0.2) is 9.97 Å². The molecule has 0 spiro atoms. The van der Waals surface area contributed by atoms with E-state index < -0.39 is 5.97 Å². The van der Waals surface area contributed by atoms with E-state index in [1.165, 1.54) is 11.2 Å². The number of thiophene rings is 1. The molecule has 1 amide bonds. The van der Waals surface area contributed by atoms with E-state index in [-0.39, 0.29) is 18.5 Å². The van der Waals surface area contributed by atoms with Gasteiger partial charge in [-0.2, -0.15) is 0 Å². The van der Waals surface area contributed by atoms with Crippen LogP contribution in [0.25, 0.3) is 10.2 Å². The molecule has 128 valence electrons. The van der Waals surface area contributed by atoms with Crippen LogP contribution < -0.4 is 4.90 Å². The monoisotopic (exact) mass is 348 g/mol. The number of fused-ring (bicyclic) bond motifs is 1. The van der Waals surface area contributed by atoms with Gasteiger partial charge in [0.25, 0.3) is 0 Å². The fourth-order valence-electron chi connectivity index (χ4n) is 3.19. The maximum Gasteiger partial charge on any atom is 0.323 e. The molecule has 3 heterocycles. The van der Waals surface area contributed by atoms with Gasteiger partial charge in [0.1, 0.15) is 29.6 Å². The molecule has 0 aromatic carbocycles. The number of carboxylic acid groups (broad SMARTS) is 1. The predicted octanol–water partition coefficient (Wildman–Crippen LogP) is 1.98. The molecule has 2 aromatic rings. The molecule has 7 nitrogen and oxygen atoms in total. The van der Waals surface area contributed by atoms with E-state index in [4.69, 9.17) is 5.11 Å². The van der Waals surface area contributed by atoms with Gasteiger partial charge in [-0.1, -0.05) is 6.92 Å². The Morgan fingerprint density at radius 2 is 2.29 bits per heavy atom. The van der Waals surface area contributed by atoms with E-state index in [0.29, 0.717) is 13.0 Å². The van der Waals surface area contributed by atoms with Crippen molar-refractivity contribution in [2.75, 3.05) is 24.5 Å². The van der Waals surface area contributed by atoms with Crippen molar-refractivity contribution in [3.63, 3.8) is 0 Å². The Morgan fingerprint density at radius 1 is 1.46 bits per heavy atom. The van der Waals surface area contributed by atoms with Crippen molar-refractivity contribution >= 4 is 39.2 Å². The number of hydrogen-bond acceptors (Lipinski definition) is 6. The summed E-state index contributed by atoms with van der Waals surface area (Å²) in [6, 6.07) is 1.62. The summed E-state index contributed by atoms with van der Waals surface area (Å²) < 4.78 is 0. The quantitative estimate of drug-likeness (QED) is 0.859. The van der Waals surface area contributed by atoms with Gasteiger partial charge in [0.05, 0.1) is 5.39 Å². The molecule has 1 atom stereocenters. The Labute approximate surface area is 143 Å². The SMILES string of the molecule is CCCN(CC(=O)O)C(=O)C1CCCN1c1ncnc2sccc12. The highest BCUT2D eigenvalue weighted by Crippen LogP contribution is 2.32.